The maximum Gasteiger partial charge on any atom is 0.217 e. The molecular formula is C15H27NO10. The Kier molecular flexibility index (Phi) is 7.30. The number of ether oxygens (including phenoxy) is 3. The largest absolute Gasteiger partial charge is 0.394 e. The number of aliphatic hydroxyl groups excluding tert-OH is 6. The highest BCUT2D eigenvalue weighted by Crippen LogP contribution is 2.29. The Hall–Kier alpha value is -0.890. The topological polar surface area (TPSA) is 178 Å². The molecule has 0 spiro atoms. The van der Waals surface area contributed by atoms with E-state index < -0.39 is 80.3 Å². The number of amides is 1. The molecule has 2 saturated heterocycles. The van der Waals surface area contributed by atoms with Gasteiger partial charge in [-0.05, 0) is 6.92 Å². The van der Waals surface area contributed by atoms with Crippen molar-refractivity contribution in [1.82, 2.24) is 5.32 Å². The van der Waals surface area contributed by atoms with Crippen LogP contribution in [0.4, 0.5) is 0 Å². The zero-order chi connectivity index (χ0) is 19.6. The highest BCUT2D eigenvalue weighted by Gasteiger charge is 2.50. The maximum absolute atomic E-state index is 11.5. The third-order valence-corrected chi connectivity index (χ3v) is 4.66. The summed E-state index contributed by atoms with van der Waals surface area (Å²) in [6.07, 6.45) is -11.7. The molecule has 0 aliphatic carbocycles. The van der Waals surface area contributed by atoms with Crippen LogP contribution in [0.1, 0.15) is 13.8 Å². The molecule has 0 aromatic rings. The number of carbonyl (C=O) groups is 1. The van der Waals surface area contributed by atoms with E-state index in [1.165, 1.54) is 6.92 Å². The first-order chi connectivity index (χ1) is 12.2. The Bertz CT molecular complexity index is 477. The van der Waals surface area contributed by atoms with Gasteiger partial charge in [0.2, 0.25) is 5.91 Å². The van der Waals surface area contributed by atoms with Gasteiger partial charge >= 0.3 is 0 Å². The first kappa shape index (κ1) is 21.4. The summed E-state index contributed by atoms with van der Waals surface area (Å²) in [5, 5.41) is 61.4. The number of hydrogen-bond acceptors (Lipinski definition) is 10. The summed E-state index contributed by atoms with van der Waals surface area (Å²) in [4.78, 5) is 11.5. The van der Waals surface area contributed by atoms with Gasteiger partial charge in [0.05, 0.1) is 25.4 Å². The van der Waals surface area contributed by atoms with E-state index in [0.717, 1.165) is 0 Å². The number of carbonyl (C=O) groups excluding carboxylic acids is 1. The van der Waals surface area contributed by atoms with Crippen LogP contribution in [0.3, 0.4) is 0 Å². The summed E-state index contributed by atoms with van der Waals surface area (Å²) >= 11 is 0. The predicted octanol–water partition coefficient (Wildman–Crippen LogP) is -4.18. The Morgan fingerprint density at radius 1 is 0.962 bits per heavy atom. The summed E-state index contributed by atoms with van der Waals surface area (Å²) in [7, 11) is 0. The number of rotatable bonds is 5. The highest BCUT2D eigenvalue weighted by molar-refractivity contribution is 5.73. The van der Waals surface area contributed by atoms with Gasteiger partial charge in [-0.3, -0.25) is 4.79 Å². The monoisotopic (exact) mass is 381 g/mol. The smallest absolute Gasteiger partial charge is 0.217 e. The van der Waals surface area contributed by atoms with E-state index in [0.29, 0.717) is 0 Å². The summed E-state index contributed by atoms with van der Waals surface area (Å²) in [6.45, 7) is 1.74. The molecule has 26 heavy (non-hydrogen) atoms. The SMILES string of the molecule is CC(=O)NC1C(O[C@@H]2OC(CO)[C@H](O)C(O)C2O)[C@H](O)C(CO)O[C@H]1C. The van der Waals surface area contributed by atoms with E-state index >= 15 is 0 Å². The van der Waals surface area contributed by atoms with Crippen molar-refractivity contribution >= 4 is 5.91 Å². The fraction of sp³-hybridized carbons (Fsp3) is 0.933. The molecule has 11 heteroatoms. The van der Waals surface area contributed by atoms with E-state index in [-0.39, 0.29) is 0 Å². The second-order valence-corrected chi connectivity index (χ2v) is 6.58. The van der Waals surface area contributed by atoms with Crippen molar-refractivity contribution in [3.05, 3.63) is 0 Å². The quantitative estimate of drug-likeness (QED) is 0.247. The zero-order valence-electron chi connectivity index (χ0n) is 14.5. The molecule has 2 rings (SSSR count). The molecule has 152 valence electrons. The molecule has 0 bridgehead atoms. The molecule has 2 fully saturated rings. The Labute approximate surface area is 150 Å². The standard InChI is InChI=1S/C15H27NO10/c1-5-9(16-6(2)19)14(11(21)8(4-18)24-5)26-15-13(23)12(22)10(20)7(3-17)25-15/h5,7-15,17-18,20-23H,3-4H2,1-2H3,(H,16,19)/t5-,7?,8?,9?,10-,11+,12?,13?,14?,15-/m0/s1. The second kappa shape index (κ2) is 8.87. The average molecular weight is 381 g/mol. The van der Waals surface area contributed by atoms with Crippen molar-refractivity contribution in [2.45, 2.75) is 75.0 Å². The van der Waals surface area contributed by atoms with Crippen LogP contribution in [0.5, 0.6) is 0 Å². The van der Waals surface area contributed by atoms with Crippen LogP contribution in [-0.4, -0.2) is 111 Å². The third kappa shape index (κ3) is 4.32. The molecule has 7 N–H and O–H groups in total. The maximum atomic E-state index is 11.5. The van der Waals surface area contributed by atoms with Crippen molar-refractivity contribution in [3.8, 4) is 0 Å². The van der Waals surface area contributed by atoms with Crippen LogP contribution < -0.4 is 5.32 Å². The van der Waals surface area contributed by atoms with Crippen LogP contribution in [0, 0.1) is 0 Å². The summed E-state index contributed by atoms with van der Waals surface area (Å²) in [5.74, 6) is -0.414. The lowest BCUT2D eigenvalue weighted by atomic mass is 9.92. The second-order valence-electron chi connectivity index (χ2n) is 6.58. The number of hydrogen-bond donors (Lipinski definition) is 7. The molecule has 0 radical (unpaired) electrons. The molecule has 2 heterocycles. The van der Waals surface area contributed by atoms with Gasteiger partial charge in [-0.15, -0.1) is 0 Å². The van der Waals surface area contributed by atoms with Crippen LogP contribution in [0.2, 0.25) is 0 Å². The highest BCUT2D eigenvalue weighted by atomic mass is 16.7. The van der Waals surface area contributed by atoms with Crippen LogP contribution >= 0.6 is 0 Å². The number of aliphatic hydroxyl groups is 6. The molecule has 11 nitrogen and oxygen atoms in total. The predicted molar refractivity (Wildman–Crippen MR) is 83.7 cm³/mol. The van der Waals surface area contributed by atoms with Crippen molar-refractivity contribution in [2.75, 3.05) is 13.2 Å². The van der Waals surface area contributed by atoms with Crippen molar-refractivity contribution in [1.29, 1.82) is 0 Å². The van der Waals surface area contributed by atoms with E-state index in [4.69, 9.17) is 14.2 Å². The molecule has 0 aromatic carbocycles. The lowest BCUT2D eigenvalue weighted by molar-refractivity contribution is -0.331. The first-order valence-electron chi connectivity index (χ1n) is 8.38. The van der Waals surface area contributed by atoms with Gasteiger partial charge in [0, 0.05) is 6.92 Å². The van der Waals surface area contributed by atoms with Gasteiger partial charge in [-0.2, -0.15) is 0 Å². The van der Waals surface area contributed by atoms with Crippen molar-refractivity contribution in [3.63, 3.8) is 0 Å². The van der Waals surface area contributed by atoms with Crippen molar-refractivity contribution in [2.24, 2.45) is 0 Å². The molecule has 0 aromatic heterocycles. The fourth-order valence-electron chi connectivity index (χ4n) is 3.22. The summed E-state index contributed by atoms with van der Waals surface area (Å²) in [5.41, 5.74) is 0. The van der Waals surface area contributed by atoms with Gasteiger partial charge in [-0.25, -0.2) is 0 Å². The fourth-order valence-corrected chi connectivity index (χ4v) is 3.22. The van der Waals surface area contributed by atoms with Gasteiger partial charge < -0.3 is 50.2 Å². The first-order valence-corrected chi connectivity index (χ1v) is 8.38. The van der Waals surface area contributed by atoms with Crippen LogP contribution in [0.25, 0.3) is 0 Å². The summed E-state index contributed by atoms with van der Waals surface area (Å²) < 4.78 is 16.4. The van der Waals surface area contributed by atoms with E-state index in [1.54, 1.807) is 6.92 Å². The number of nitrogens with one attached hydrogen (secondary N) is 1. The Balaban J connectivity index is 2.21. The van der Waals surface area contributed by atoms with E-state index in [1.807, 2.05) is 0 Å². The van der Waals surface area contributed by atoms with Gasteiger partial charge in [-0.1, -0.05) is 0 Å². The lowest BCUT2D eigenvalue weighted by Gasteiger charge is -2.47. The normalized spacial score (nSPS) is 46.8. The molecule has 0 saturated carbocycles. The van der Waals surface area contributed by atoms with Crippen molar-refractivity contribution < 1.29 is 49.6 Å². The van der Waals surface area contributed by atoms with Crippen LogP contribution in [0.15, 0.2) is 0 Å². The molecule has 2 aliphatic heterocycles. The van der Waals surface area contributed by atoms with Gasteiger partial charge in [0.1, 0.15) is 42.7 Å². The Morgan fingerprint density at radius 3 is 2.08 bits per heavy atom. The Morgan fingerprint density at radius 2 is 1.54 bits per heavy atom. The van der Waals surface area contributed by atoms with E-state index in [2.05, 4.69) is 5.32 Å². The van der Waals surface area contributed by atoms with E-state index in [9.17, 15) is 35.4 Å². The molecule has 6 unspecified atom stereocenters. The molecule has 2 aliphatic rings. The van der Waals surface area contributed by atoms with Gasteiger partial charge in [0.25, 0.3) is 0 Å². The van der Waals surface area contributed by atoms with Gasteiger partial charge in [0.15, 0.2) is 6.29 Å². The lowest BCUT2D eigenvalue weighted by Crippen LogP contribution is -2.67. The van der Waals surface area contributed by atoms with Crippen LogP contribution in [-0.2, 0) is 19.0 Å². The average Bonchev–Trinajstić information content (AvgIpc) is 2.60. The minimum Gasteiger partial charge on any atom is -0.394 e. The minimum absolute atomic E-state index is 0.414. The molecule has 10 atom stereocenters. The minimum atomic E-state index is -1.66. The molecular weight excluding hydrogens is 354 g/mol. The zero-order valence-corrected chi connectivity index (χ0v) is 14.5. The summed E-state index contributed by atoms with van der Waals surface area (Å²) in [6, 6.07) is -0.835. The third-order valence-electron chi connectivity index (χ3n) is 4.66. The molecule has 1 amide bonds.